The van der Waals surface area contributed by atoms with Crippen LogP contribution in [0.15, 0.2) is 30.7 Å². The second kappa shape index (κ2) is 5.31. The smallest absolute Gasteiger partial charge is 0.143 e. The van der Waals surface area contributed by atoms with Gasteiger partial charge < -0.3 is 11.1 Å². The first-order valence-electron chi connectivity index (χ1n) is 5.22. The Labute approximate surface area is 114 Å². The summed E-state index contributed by atoms with van der Waals surface area (Å²) in [7, 11) is 0. The van der Waals surface area contributed by atoms with Crippen LogP contribution in [0.1, 0.15) is 11.1 Å². The van der Waals surface area contributed by atoms with Gasteiger partial charge in [-0.3, -0.25) is 0 Å². The van der Waals surface area contributed by atoms with Crippen LogP contribution in [-0.2, 0) is 6.54 Å². The van der Waals surface area contributed by atoms with Gasteiger partial charge in [0.15, 0.2) is 0 Å². The first kappa shape index (κ1) is 12.1. The quantitative estimate of drug-likeness (QED) is 0.666. The highest BCUT2D eigenvalue weighted by molar-refractivity contribution is 14.1. The Bertz CT molecular complexity index is 528. The van der Waals surface area contributed by atoms with E-state index < -0.39 is 0 Å². The maximum atomic E-state index is 5.86. The van der Waals surface area contributed by atoms with E-state index in [9.17, 15) is 0 Å². The Morgan fingerprint density at radius 1 is 1.41 bits per heavy atom. The first-order valence-corrected chi connectivity index (χ1v) is 6.29. The number of aromatic nitrogens is 2. The topological polar surface area (TPSA) is 63.8 Å². The van der Waals surface area contributed by atoms with E-state index in [0.29, 0.717) is 6.54 Å². The lowest BCUT2D eigenvalue weighted by Crippen LogP contribution is -2.05. The molecule has 0 aliphatic heterocycles. The molecule has 0 radical (unpaired) electrons. The van der Waals surface area contributed by atoms with Gasteiger partial charge in [0, 0.05) is 18.4 Å². The normalized spacial score (nSPS) is 10.2. The molecule has 4 nitrogen and oxygen atoms in total. The highest BCUT2D eigenvalue weighted by Gasteiger charge is 2.03. The summed E-state index contributed by atoms with van der Waals surface area (Å²) in [5.74, 6) is 0.849. The van der Waals surface area contributed by atoms with Gasteiger partial charge in [0.25, 0.3) is 0 Å². The van der Waals surface area contributed by atoms with Crippen LogP contribution in [0, 0.1) is 10.5 Å². The Morgan fingerprint density at radius 3 is 3.00 bits per heavy atom. The van der Waals surface area contributed by atoms with Gasteiger partial charge >= 0.3 is 0 Å². The number of nitrogens with one attached hydrogen (secondary N) is 1. The summed E-state index contributed by atoms with van der Waals surface area (Å²) in [6.45, 7) is 2.74. The molecule has 88 valence electrons. The SMILES string of the molecule is Cc1c(N)cccc1CNc1ncncc1I. The van der Waals surface area contributed by atoms with Gasteiger partial charge in [-0.25, -0.2) is 9.97 Å². The molecule has 1 aromatic carbocycles. The number of nitrogens with two attached hydrogens (primary N) is 1. The molecule has 0 spiro atoms. The Hall–Kier alpha value is -1.37. The lowest BCUT2D eigenvalue weighted by molar-refractivity contribution is 1.06. The van der Waals surface area contributed by atoms with E-state index in [-0.39, 0.29) is 0 Å². The second-order valence-electron chi connectivity index (χ2n) is 3.70. The van der Waals surface area contributed by atoms with E-state index >= 15 is 0 Å². The van der Waals surface area contributed by atoms with Crippen molar-refractivity contribution < 1.29 is 0 Å². The van der Waals surface area contributed by atoms with Gasteiger partial charge in [0.1, 0.15) is 12.1 Å². The van der Waals surface area contributed by atoms with Gasteiger partial charge in [0.05, 0.1) is 3.57 Å². The first-order chi connectivity index (χ1) is 8.18. The summed E-state index contributed by atoms with van der Waals surface area (Å²) in [4.78, 5) is 8.14. The Kier molecular flexibility index (Phi) is 3.78. The third-order valence-electron chi connectivity index (χ3n) is 2.60. The van der Waals surface area contributed by atoms with Crippen LogP contribution in [0.5, 0.6) is 0 Å². The van der Waals surface area contributed by atoms with E-state index in [0.717, 1.165) is 20.6 Å². The number of halogens is 1. The van der Waals surface area contributed by atoms with E-state index in [2.05, 4.69) is 43.9 Å². The van der Waals surface area contributed by atoms with E-state index in [4.69, 9.17) is 5.73 Å². The highest BCUT2D eigenvalue weighted by atomic mass is 127. The summed E-state index contributed by atoms with van der Waals surface area (Å²) in [5, 5.41) is 3.28. The minimum atomic E-state index is 0.712. The van der Waals surface area contributed by atoms with Crippen molar-refractivity contribution in [1.29, 1.82) is 0 Å². The summed E-state index contributed by atoms with van der Waals surface area (Å²) >= 11 is 2.21. The van der Waals surface area contributed by atoms with E-state index in [1.165, 1.54) is 11.9 Å². The fraction of sp³-hybridized carbons (Fsp3) is 0.167. The predicted octanol–water partition coefficient (Wildman–Crippen LogP) is 2.58. The van der Waals surface area contributed by atoms with Crippen LogP contribution in [0.4, 0.5) is 11.5 Å². The van der Waals surface area contributed by atoms with E-state index in [1.54, 1.807) is 6.20 Å². The predicted molar refractivity (Wildman–Crippen MR) is 77.7 cm³/mol. The molecule has 0 amide bonds. The molecule has 2 aromatic rings. The van der Waals surface area contributed by atoms with Crippen LogP contribution in [0.2, 0.25) is 0 Å². The van der Waals surface area contributed by atoms with Crippen molar-refractivity contribution in [3.63, 3.8) is 0 Å². The van der Waals surface area contributed by atoms with Crippen LogP contribution in [0.3, 0.4) is 0 Å². The van der Waals surface area contributed by atoms with E-state index in [1.807, 2.05) is 19.1 Å². The van der Waals surface area contributed by atoms with Crippen molar-refractivity contribution in [2.45, 2.75) is 13.5 Å². The van der Waals surface area contributed by atoms with Crippen molar-refractivity contribution >= 4 is 34.1 Å². The monoisotopic (exact) mass is 340 g/mol. The van der Waals surface area contributed by atoms with Gasteiger partial charge in [0.2, 0.25) is 0 Å². The van der Waals surface area contributed by atoms with Gasteiger partial charge in [-0.2, -0.15) is 0 Å². The van der Waals surface area contributed by atoms with Crippen molar-refractivity contribution in [3.8, 4) is 0 Å². The highest BCUT2D eigenvalue weighted by Crippen LogP contribution is 2.18. The third kappa shape index (κ3) is 2.85. The van der Waals surface area contributed by atoms with Gasteiger partial charge in [-0.05, 0) is 46.7 Å². The van der Waals surface area contributed by atoms with Crippen LogP contribution >= 0.6 is 22.6 Å². The zero-order valence-electron chi connectivity index (χ0n) is 9.44. The molecule has 5 heteroatoms. The molecule has 1 heterocycles. The molecule has 0 saturated heterocycles. The molecule has 0 atom stereocenters. The molecule has 0 aliphatic carbocycles. The number of nitrogens with zero attached hydrogens (tertiary/aromatic N) is 2. The molecular formula is C12H13IN4. The number of nitrogen functional groups attached to an aromatic ring is 1. The summed E-state index contributed by atoms with van der Waals surface area (Å²) < 4.78 is 1.01. The maximum absolute atomic E-state index is 5.86. The molecule has 0 fully saturated rings. The molecule has 3 N–H and O–H groups in total. The fourth-order valence-corrected chi connectivity index (χ4v) is 2.01. The third-order valence-corrected chi connectivity index (χ3v) is 3.39. The number of hydrogen-bond acceptors (Lipinski definition) is 4. The van der Waals surface area contributed by atoms with Crippen molar-refractivity contribution in [2.75, 3.05) is 11.1 Å². The van der Waals surface area contributed by atoms with Crippen LogP contribution in [-0.4, -0.2) is 9.97 Å². The molecule has 0 bridgehead atoms. The lowest BCUT2D eigenvalue weighted by Gasteiger charge is -2.10. The summed E-state index contributed by atoms with van der Waals surface area (Å²) in [6, 6.07) is 5.93. The van der Waals surface area contributed by atoms with Crippen molar-refractivity contribution in [2.24, 2.45) is 0 Å². The van der Waals surface area contributed by atoms with Crippen molar-refractivity contribution in [1.82, 2.24) is 9.97 Å². The van der Waals surface area contributed by atoms with Gasteiger partial charge in [-0.1, -0.05) is 12.1 Å². The molecule has 0 unspecified atom stereocenters. The zero-order chi connectivity index (χ0) is 12.3. The minimum Gasteiger partial charge on any atom is -0.399 e. The molecule has 1 aromatic heterocycles. The summed E-state index contributed by atoms with van der Waals surface area (Å²) in [5.41, 5.74) is 8.98. The average Bonchev–Trinajstić information content (AvgIpc) is 2.33. The number of anilines is 2. The zero-order valence-corrected chi connectivity index (χ0v) is 11.6. The molecule has 0 aliphatic rings. The molecule has 2 rings (SSSR count). The molecular weight excluding hydrogens is 327 g/mol. The summed E-state index contributed by atoms with van der Waals surface area (Å²) in [6.07, 6.45) is 3.32. The molecule has 17 heavy (non-hydrogen) atoms. The Morgan fingerprint density at radius 2 is 2.24 bits per heavy atom. The number of rotatable bonds is 3. The average molecular weight is 340 g/mol. The standard InChI is InChI=1S/C12H13IN4/c1-8-9(3-2-4-11(8)14)5-16-12-10(13)6-15-7-17-12/h2-4,6-7H,5,14H2,1H3,(H,15,16,17). The second-order valence-corrected chi connectivity index (χ2v) is 4.87. The van der Waals surface area contributed by atoms with Crippen molar-refractivity contribution in [3.05, 3.63) is 45.4 Å². The number of hydrogen-bond donors (Lipinski definition) is 2. The largest absolute Gasteiger partial charge is 0.399 e. The molecule has 0 saturated carbocycles. The number of benzene rings is 1. The van der Waals surface area contributed by atoms with Crippen LogP contribution in [0.25, 0.3) is 0 Å². The lowest BCUT2D eigenvalue weighted by atomic mass is 10.1. The Balaban J connectivity index is 2.13. The maximum Gasteiger partial charge on any atom is 0.143 e. The van der Waals surface area contributed by atoms with Crippen LogP contribution < -0.4 is 11.1 Å². The van der Waals surface area contributed by atoms with Gasteiger partial charge in [-0.15, -0.1) is 0 Å². The minimum absolute atomic E-state index is 0.712. The fourth-order valence-electron chi connectivity index (χ4n) is 1.52.